The molecule has 2 aromatic rings. The van der Waals surface area contributed by atoms with E-state index in [1.165, 1.54) is 0 Å². The van der Waals surface area contributed by atoms with Crippen LogP contribution in [0.15, 0.2) is 48.5 Å². The first-order chi connectivity index (χ1) is 12.3. The molecule has 0 spiro atoms. The van der Waals surface area contributed by atoms with Gasteiger partial charge in [-0.1, -0.05) is 24.3 Å². The fourth-order valence-corrected chi connectivity index (χ4v) is 3.23. The van der Waals surface area contributed by atoms with Crippen LogP contribution in [0.3, 0.4) is 0 Å². The molecule has 1 aliphatic rings. The third-order valence-electron chi connectivity index (χ3n) is 4.65. The number of carbonyl (C=O) groups is 2. The minimum absolute atomic E-state index is 0. The maximum atomic E-state index is 13.4. The molecule has 0 fully saturated rings. The monoisotopic (exact) mass is 479 g/mol. The number of hydrogen-bond acceptors (Lipinski definition) is 2. The van der Waals surface area contributed by atoms with Crippen LogP contribution in [0.4, 0.5) is 11.4 Å². The van der Waals surface area contributed by atoms with Crippen LogP contribution in [0.5, 0.6) is 0 Å². The second kappa shape index (κ2) is 8.39. The number of halogens is 1. The van der Waals surface area contributed by atoms with Crippen molar-refractivity contribution in [3.05, 3.63) is 59.7 Å². The quantitative estimate of drug-likeness (QED) is 0.459. The average molecular weight is 479 g/mol. The van der Waals surface area contributed by atoms with Gasteiger partial charge < -0.3 is 38.3 Å². The van der Waals surface area contributed by atoms with Crippen LogP contribution in [-0.4, -0.2) is 57.1 Å². The summed E-state index contributed by atoms with van der Waals surface area (Å²) < 4.78 is 0.739. The van der Waals surface area contributed by atoms with Crippen molar-refractivity contribution in [1.82, 2.24) is 0 Å². The van der Waals surface area contributed by atoms with Gasteiger partial charge >= 0.3 is 0 Å². The van der Waals surface area contributed by atoms with Crippen LogP contribution in [0.25, 0.3) is 0 Å². The zero-order chi connectivity index (χ0) is 18.9. The highest BCUT2D eigenvalue weighted by Crippen LogP contribution is 2.32. The van der Waals surface area contributed by atoms with E-state index in [2.05, 4.69) is 21.1 Å². The molecule has 1 heterocycles. The zero-order valence-corrected chi connectivity index (χ0v) is 18.4. The fraction of sp³-hybridized carbons (Fsp3) is 0.333. The van der Waals surface area contributed by atoms with Gasteiger partial charge in [-0.25, -0.2) is 0 Å². The van der Waals surface area contributed by atoms with Gasteiger partial charge in [0.05, 0.1) is 56.7 Å². The minimum atomic E-state index is -0.0710. The molecule has 0 unspecified atom stereocenters. The van der Waals surface area contributed by atoms with Crippen LogP contribution >= 0.6 is 0 Å². The number of quaternary nitrogens is 1. The van der Waals surface area contributed by atoms with E-state index in [0.29, 0.717) is 35.6 Å². The van der Waals surface area contributed by atoms with Gasteiger partial charge in [0, 0.05) is 6.54 Å². The molecule has 0 bridgehead atoms. The van der Waals surface area contributed by atoms with Gasteiger partial charge in [0.25, 0.3) is 11.8 Å². The lowest BCUT2D eigenvalue weighted by Gasteiger charge is -2.34. The van der Waals surface area contributed by atoms with Crippen LogP contribution in [0.2, 0.25) is 0 Å². The summed E-state index contributed by atoms with van der Waals surface area (Å²) in [5, 5.41) is 0. The molecule has 2 aromatic carbocycles. The van der Waals surface area contributed by atoms with Crippen molar-refractivity contribution in [2.75, 3.05) is 50.6 Å². The summed E-state index contributed by atoms with van der Waals surface area (Å²) in [6, 6.07) is 14.8. The molecular weight excluding hydrogens is 453 g/mol. The second-order valence-electron chi connectivity index (χ2n) is 7.55. The van der Waals surface area contributed by atoms with Crippen LogP contribution < -0.4 is 33.8 Å². The molecule has 27 heavy (non-hydrogen) atoms. The van der Waals surface area contributed by atoms with Crippen molar-refractivity contribution < 1.29 is 38.0 Å². The Hall–Kier alpha value is -1.93. The van der Waals surface area contributed by atoms with E-state index < -0.39 is 0 Å². The molecule has 144 valence electrons. The second-order valence-corrected chi connectivity index (χ2v) is 7.55. The van der Waals surface area contributed by atoms with Gasteiger partial charge in [-0.3, -0.25) is 9.59 Å². The van der Waals surface area contributed by atoms with E-state index in [1.54, 1.807) is 21.9 Å². The lowest BCUT2D eigenvalue weighted by Crippen LogP contribution is -3.00. The first-order valence-electron chi connectivity index (χ1n) is 8.95. The predicted octanol–water partition coefficient (Wildman–Crippen LogP) is 0.0237. The normalized spacial score (nSPS) is 14.1. The summed E-state index contributed by atoms with van der Waals surface area (Å²) in [5.74, 6) is -0.134. The minimum Gasteiger partial charge on any atom is -1.00 e. The Morgan fingerprint density at radius 2 is 1.22 bits per heavy atom. The topological polar surface area (TPSA) is 40.6 Å². The number of benzene rings is 2. The Kier molecular flexibility index (Phi) is 6.64. The Balaban J connectivity index is 0.00000261. The first kappa shape index (κ1) is 21.4. The number of fused-ring (bicyclic) bond motifs is 2. The average Bonchev–Trinajstić information content (AvgIpc) is 2.61. The van der Waals surface area contributed by atoms with E-state index in [1.807, 2.05) is 43.3 Å². The number of hydrogen-bond donors (Lipinski definition) is 0. The largest absolute Gasteiger partial charge is 1.00 e. The molecule has 5 nitrogen and oxygen atoms in total. The summed E-state index contributed by atoms with van der Waals surface area (Å²) in [6.07, 6.45) is 0. The van der Waals surface area contributed by atoms with Crippen molar-refractivity contribution in [3.63, 3.8) is 0 Å². The summed E-state index contributed by atoms with van der Waals surface area (Å²) in [4.78, 5) is 30.1. The number of rotatable bonds is 4. The maximum Gasteiger partial charge on any atom is 0.260 e. The van der Waals surface area contributed by atoms with Crippen molar-refractivity contribution in [1.29, 1.82) is 0 Å². The van der Waals surface area contributed by atoms with E-state index in [-0.39, 0.29) is 35.8 Å². The summed E-state index contributed by atoms with van der Waals surface area (Å²) in [6.45, 7) is 3.77. The Morgan fingerprint density at radius 3 is 1.70 bits per heavy atom. The zero-order valence-electron chi connectivity index (χ0n) is 16.3. The maximum absolute atomic E-state index is 13.4. The number of anilines is 2. The van der Waals surface area contributed by atoms with Crippen LogP contribution in [0.1, 0.15) is 27.6 Å². The third kappa shape index (κ3) is 4.32. The molecule has 0 aromatic heterocycles. The summed E-state index contributed by atoms with van der Waals surface area (Å²) in [7, 11) is 6.29. The molecule has 0 N–H and O–H groups in total. The van der Waals surface area contributed by atoms with Crippen LogP contribution in [-0.2, 0) is 0 Å². The number of amides is 2. The van der Waals surface area contributed by atoms with Gasteiger partial charge in [-0.2, -0.15) is 0 Å². The van der Waals surface area contributed by atoms with Crippen LogP contribution in [0, 0.1) is 0 Å². The van der Waals surface area contributed by atoms with E-state index in [4.69, 9.17) is 0 Å². The number of nitrogens with zero attached hydrogens (tertiary/aromatic N) is 3. The van der Waals surface area contributed by atoms with Gasteiger partial charge in [0.2, 0.25) is 0 Å². The Labute approximate surface area is 178 Å². The van der Waals surface area contributed by atoms with E-state index in [0.717, 1.165) is 11.0 Å². The predicted molar refractivity (Wildman–Crippen MR) is 105 cm³/mol. The Morgan fingerprint density at radius 1 is 0.778 bits per heavy atom. The van der Waals surface area contributed by atoms with Crippen molar-refractivity contribution >= 4 is 23.2 Å². The summed E-state index contributed by atoms with van der Waals surface area (Å²) in [5.41, 5.74) is 2.50. The molecule has 0 atom stereocenters. The standard InChI is InChI=1S/C21H26N3O2.HI/c1-5-22-18-12-8-6-10-16(18)21(26)23(14-15-24(2,3)4)19-13-9-7-11-17(19)20(22)25;/h6-13H,5,14-15H2,1-4H3;1H/q+1;/p-1. The molecule has 0 radical (unpaired) electrons. The molecule has 0 saturated carbocycles. The molecule has 6 heteroatoms. The van der Waals surface area contributed by atoms with Crippen molar-refractivity contribution in [3.8, 4) is 0 Å². The molecule has 0 aliphatic carbocycles. The lowest BCUT2D eigenvalue weighted by molar-refractivity contribution is -0.868. The lowest BCUT2D eigenvalue weighted by atomic mass is 10.0. The smallest absolute Gasteiger partial charge is 0.260 e. The number of para-hydroxylation sites is 2. The van der Waals surface area contributed by atoms with Crippen molar-refractivity contribution in [2.45, 2.75) is 6.92 Å². The molecule has 2 amide bonds. The highest BCUT2D eigenvalue weighted by atomic mass is 127. The third-order valence-corrected chi connectivity index (χ3v) is 4.65. The first-order valence-corrected chi connectivity index (χ1v) is 8.95. The SMILES string of the molecule is CCN1C(=O)c2ccccc2N(CC[N+](C)(C)C)C(=O)c2ccccc21.[I-]. The fourth-order valence-electron chi connectivity index (χ4n) is 3.23. The molecule has 0 saturated heterocycles. The van der Waals surface area contributed by atoms with E-state index >= 15 is 0 Å². The Bertz CT molecular complexity index is 845. The van der Waals surface area contributed by atoms with E-state index in [9.17, 15) is 9.59 Å². The summed E-state index contributed by atoms with van der Waals surface area (Å²) >= 11 is 0. The van der Waals surface area contributed by atoms with Gasteiger partial charge in [0.1, 0.15) is 0 Å². The van der Waals surface area contributed by atoms with Gasteiger partial charge in [0.15, 0.2) is 0 Å². The highest BCUT2D eigenvalue weighted by molar-refractivity contribution is 6.20. The number of carbonyl (C=O) groups excluding carboxylic acids is 2. The number of likely N-dealkylation sites (N-methyl/N-ethyl adjacent to an activating group) is 1. The van der Waals surface area contributed by atoms with Crippen molar-refractivity contribution in [2.24, 2.45) is 0 Å². The highest BCUT2D eigenvalue weighted by Gasteiger charge is 2.32. The van der Waals surface area contributed by atoms with Gasteiger partial charge in [-0.05, 0) is 31.2 Å². The molecular formula is C21H26IN3O2. The van der Waals surface area contributed by atoms with Gasteiger partial charge in [-0.15, -0.1) is 0 Å². The molecule has 3 rings (SSSR count). The molecule has 1 aliphatic heterocycles.